The first-order chi connectivity index (χ1) is 6.24. The van der Waals surface area contributed by atoms with Crippen molar-refractivity contribution in [2.24, 2.45) is 0 Å². The Kier molecular flexibility index (Phi) is 4.60. The van der Waals surface area contributed by atoms with Crippen LogP contribution in [0.4, 0.5) is 0 Å². The molecule has 1 rings (SSSR count). The summed E-state index contributed by atoms with van der Waals surface area (Å²) in [6.07, 6.45) is 5.33. The second kappa shape index (κ2) is 5.51. The van der Waals surface area contributed by atoms with Crippen molar-refractivity contribution in [3.05, 3.63) is 39.9 Å². The van der Waals surface area contributed by atoms with E-state index < -0.39 is 0 Å². The van der Waals surface area contributed by atoms with E-state index in [1.165, 1.54) is 11.1 Å². The second-order valence-electron chi connectivity index (χ2n) is 2.92. The van der Waals surface area contributed by atoms with Crippen molar-refractivity contribution >= 4 is 34.6 Å². The van der Waals surface area contributed by atoms with Crippen LogP contribution >= 0.6 is 28.6 Å². The molecule has 0 aliphatic heterocycles. The van der Waals surface area contributed by atoms with E-state index in [0.29, 0.717) is 0 Å². The highest BCUT2D eigenvalue weighted by Gasteiger charge is 1.93. The van der Waals surface area contributed by atoms with Crippen LogP contribution in [0.5, 0.6) is 0 Å². The minimum absolute atomic E-state index is 0.909. The molecule has 0 amide bonds. The van der Waals surface area contributed by atoms with Crippen LogP contribution in [0, 0.1) is 6.92 Å². The van der Waals surface area contributed by atoms with Crippen LogP contribution < -0.4 is 0 Å². The van der Waals surface area contributed by atoms with Crippen molar-refractivity contribution in [3.63, 3.8) is 0 Å². The zero-order valence-corrected chi connectivity index (χ0v) is 10.1. The minimum Gasteiger partial charge on any atom is -0.179 e. The van der Waals surface area contributed by atoms with Crippen LogP contribution in [0.25, 0.3) is 6.08 Å². The van der Waals surface area contributed by atoms with Crippen molar-refractivity contribution in [2.75, 3.05) is 5.75 Å². The Labute approximate surface area is 93.6 Å². The van der Waals surface area contributed by atoms with E-state index >= 15 is 0 Å². The molecule has 70 valence electrons. The largest absolute Gasteiger partial charge is 0.179 e. The number of benzene rings is 1. The molecule has 0 unspecified atom stereocenters. The zero-order chi connectivity index (χ0) is 9.68. The molecule has 0 heterocycles. The molecule has 0 aliphatic carbocycles. The van der Waals surface area contributed by atoms with Gasteiger partial charge in [0.25, 0.3) is 0 Å². The maximum Gasteiger partial charge on any atom is 0.0178 e. The number of hydrogen-bond donors (Lipinski definition) is 1. The fourth-order valence-corrected chi connectivity index (χ4v) is 1.74. The Morgan fingerprint density at radius 2 is 2.23 bits per heavy atom. The van der Waals surface area contributed by atoms with Crippen molar-refractivity contribution in [1.29, 1.82) is 0 Å². The van der Waals surface area contributed by atoms with Gasteiger partial charge in [0.05, 0.1) is 0 Å². The Morgan fingerprint density at radius 3 is 2.85 bits per heavy atom. The van der Waals surface area contributed by atoms with Gasteiger partial charge < -0.3 is 0 Å². The summed E-state index contributed by atoms with van der Waals surface area (Å²) in [6, 6.07) is 6.31. The lowest BCUT2D eigenvalue weighted by molar-refractivity contribution is 1.26. The number of aryl methyl sites for hydroxylation is 1. The minimum atomic E-state index is 0.909. The average molecular weight is 257 g/mol. The molecule has 2 heteroatoms. The Hall–Kier alpha value is -0.210. The van der Waals surface area contributed by atoms with E-state index in [1.54, 1.807) is 0 Å². The lowest BCUT2D eigenvalue weighted by Crippen LogP contribution is -1.79. The predicted molar refractivity (Wildman–Crippen MR) is 66.4 cm³/mol. The highest BCUT2D eigenvalue weighted by molar-refractivity contribution is 9.10. The number of allylic oxidation sites excluding steroid dienone is 1. The monoisotopic (exact) mass is 256 g/mol. The van der Waals surface area contributed by atoms with Gasteiger partial charge >= 0.3 is 0 Å². The average Bonchev–Trinajstić information content (AvgIpc) is 2.09. The summed E-state index contributed by atoms with van der Waals surface area (Å²) >= 11 is 7.59. The Balaban J connectivity index is 2.77. The van der Waals surface area contributed by atoms with Crippen LogP contribution in [-0.4, -0.2) is 5.75 Å². The van der Waals surface area contributed by atoms with Gasteiger partial charge in [0.1, 0.15) is 0 Å². The SMILES string of the molecule is Cc1cc(Br)ccc1C=CCCS. The first-order valence-electron chi connectivity index (χ1n) is 4.27. The molecular weight excluding hydrogens is 244 g/mol. The van der Waals surface area contributed by atoms with Crippen molar-refractivity contribution in [1.82, 2.24) is 0 Å². The van der Waals surface area contributed by atoms with Crippen molar-refractivity contribution in [3.8, 4) is 0 Å². The number of thiol groups is 1. The molecule has 0 radical (unpaired) electrons. The Bertz CT molecular complexity index is 305. The molecule has 0 aromatic heterocycles. The van der Waals surface area contributed by atoms with Gasteiger partial charge in [-0.05, 0) is 42.4 Å². The van der Waals surface area contributed by atoms with Crippen LogP contribution in [0.2, 0.25) is 0 Å². The molecule has 0 atom stereocenters. The third-order valence-electron chi connectivity index (χ3n) is 1.83. The van der Waals surface area contributed by atoms with Crippen LogP contribution in [0.3, 0.4) is 0 Å². The summed E-state index contributed by atoms with van der Waals surface area (Å²) in [4.78, 5) is 0. The second-order valence-corrected chi connectivity index (χ2v) is 4.28. The molecule has 0 aliphatic rings. The molecule has 0 N–H and O–H groups in total. The molecule has 0 spiro atoms. The molecule has 1 aromatic carbocycles. The number of halogens is 1. The number of rotatable bonds is 3. The highest BCUT2D eigenvalue weighted by atomic mass is 79.9. The summed E-state index contributed by atoms with van der Waals surface area (Å²) < 4.78 is 1.14. The van der Waals surface area contributed by atoms with E-state index in [1.807, 2.05) is 0 Å². The quantitative estimate of drug-likeness (QED) is 0.774. The zero-order valence-electron chi connectivity index (χ0n) is 7.63. The summed E-state index contributed by atoms with van der Waals surface area (Å²) in [5.74, 6) is 0.909. The van der Waals surface area contributed by atoms with E-state index in [0.717, 1.165) is 16.6 Å². The first-order valence-corrected chi connectivity index (χ1v) is 5.70. The van der Waals surface area contributed by atoms with Gasteiger partial charge in [-0.15, -0.1) is 0 Å². The van der Waals surface area contributed by atoms with Crippen LogP contribution in [0.1, 0.15) is 17.5 Å². The Morgan fingerprint density at radius 1 is 1.46 bits per heavy atom. The fraction of sp³-hybridized carbons (Fsp3) is 0.273. The van der Waals surface area contributed by atoms with Gasteiger partial charge in [0.2, 0.25) is 0 Å². The van der Waals surface area contributed by atoms with Gasteiger partial charge in [-0.2, -0.15) is 12.6 Å². The molecule has 0 nitrogen and oxygen atoms in total. The van der Waals surface area contributed by atoms with Gasteiger partial charge in [0.15, 0.2) is 0 Å². The van der Waals surface area contributed by atoms with Gasteiger partial charge in [-0.25, -0.2) is 0 Å². The first kappa shape index (κ1) is 10.9. The molecule has 0 fully saturated rings. The molecular formula is C11H13BrS. The lowest BCUT2D eigenvalue weighted by Gasteiger charge is -2.00. The normalized spacial score (nSPS) is 11.0. The summed E-state index contributed by atoms with van der Waals surface area (Å²) in [7, 11) is 0. The number of hydrogen-bond acceptors (Lipinski definition) is 1. The van der Waals surface area contributed by atoms with Crippen LogP contribution in [0.15, 0.2) is 28.7 Å². The van der Waals surface area contributed by atoms with E-state index in [2.05, 4.69) is 65.8 Å². The molecule has 13 heavy (non-hydrogen) atoms. The standard InChI is InChI=1S/C11H13BrS/c1-9-8-11(12)6-5-10(9)4-2-3-7-13/h2,4-6,8,13H,3,7H2,1H3. The molecule has 1 aromatic rings. The van der Waals surface area contributed by atoms with Crippen molar-refractivity contribution < 1.29 is 0 Å². The summed E-state index contributed by atoms with van der Waals surface area (Å²) in [5, 5.41) is 0. The molecule has 0 saturated heterocycles. The third kappa shape index (κ3) is 3.57. The van der Waals surface area contributed by atoms with Crippen molar-refractivity contribution in [2.45, 2.75) is 13.3 Å². The maximum atomic E-state index is 4.15. The van der Waals surface area contributed by atoms with Crippen LogP contribution in [-0.2, 0) is 0 Å². The fourth-order valence-electron chi connectivity index (χ4n) is 1.11. The van der Waals surface area contributed by atoms with E-state index in [9.17, 15) is 0 Å². The van der Waals surface area contributed by atoms with Gasteiger partial charge in [0, 0.05) is 4.47 Å². The van der Waals surface area contributed by atoms with Gasteiger partial charge in [-0.1, -0.05) is 34.1 Å². The maximum absolute atomic E-state index is 4.15. The summed E-state index contributed by atoms with van der Waals surface area (Å²) in [5.41, 5.74) is 2.58. The smallest absolute Gasteiger partial charge is 0.0178 e. The molecule has 0 bridgehead atoms. The predicted octanol–water partition coefficient (Wildman–Crippen LogP) is 4.09. The molecule has 0 saturated carbocycles. The van der Waals surface area contributed by atoms with Gasteiger partial charge in [-0.3, -0.25) is 0 Å². The van der Waals surface area contributed by atoms with E-state index in [4.69, 9.17) is 0 Å². The topological polar surface area (TPSA) is 0 Å². The lowest BCUT2D eigenvalue weighted by atomic mass is 10.1. The summed E-state index contributed by atoms with van der Waals surface area (Å²) in [6.45, 7) is 2.12. The third-order valence-corrected chi connectivity index (χ3v) is 2.58. The van der Waals surface area contributed by atoms with E-state index in [-0.39, 0.29) is 0 Å². The highest BCUT2D eigenvalue weighted by Crippen LogP contribution is 2.17.